The maximum Gasteiger partial charge on any atom is 0.333 e. The molecule has 1 heterocycles. The highest BCUT2D eigenvalue weighted by Gasteiger charge is 2.29. The van der Waals surface area contributed by atoms with Crippen molar-refractivity contribution in [1.29, 1.82) is 0 Å². The molecule has 1 amide bonds. The van der Waals surface area contributed by atoms with Gasteiger partial charge in [0.2, 0.25) is 5.91 Å². The number of esters is 1. The van der Waals surface area contributed by atoms with Crippen LogP contribution in [0, 0.1) is 0 Å². The molecule has 0 saturated carbocycles. The third-order valence-electron chi connectivity index (χ3n) is 1.61. The molecular weight excluding hydrogens is 172 g/mol. The summed E-state index contributed by atoms with van der Waals surface area (Å²) in [4.78, 5) is 22.3. The molecule has 72 valence electrons. The first kappa shape index (κ1) is 9.73. The van der Waals surface area contributed by atoms with Crippen molar-refractivity contribution in [2.75, 3.05) is 19.7 Å². The van der Waals surface area contributed by atoms with Crippen LogP contribution in [-0.4, -0.2) is 37.6 Å². The van der Waals surface area contributed by atoms with Gasteiger partial charge in [-0.3, -0.25) is 10.1 Å². The first-order valence-electron chi connectivity index (χ1n) is 4.04. The number of carbonyl (C=O) groups excluding carboxylic acids is 2. The lowest BCUT2D eigenvalue weighted by Gasteiger charge is -2.21. The minimum absolute atomic E-state index is 0.129. The SMILES string of the molecule is C=CCOC(=O)C1NCCNC1=O. The van der Waals surface area contributed by atoms with Gasteiger partial charge in [-0.15, -0.1) is 0 Å². The Kier molecular flexibility index (Phi) is 3.45. The molecule has 1 saturated heterocycles. The highest BCUT2D eigenvalue weighted by Crippen LogP contribution is 1.93. The average Bonchev–Trinajstić information content (AvgIpc) is 2.15. The van der Waals surface area contributed by atoms with Gasteiger partial charge in [0.1, 0.15) is 6.61 Å². The Balaban J connectivity index is 2.43. The van der Waals surface area contributed by atoms with E-state index in [0.29, 0.717) is 13.1 Å². The van der Waals surface area contributed by atoms with E-state index >= 15 is 0 Å². The first-order valence-corrected chi connectivity index (χ1v) is 4.04. The summed E-state index contributed by atoms with van der Waals surface area (Å²) >= 11 is 0. The summed E-state index contributed by atoms with van der Waals surface area (Å²) in [7, 11) is 0. The third-order valence-corrected chi connectivity index (χ3v) is 1.61. The van der Waals surface area contributed by atoms with Gasteiger partial charge in [-0.1, -0.05) is 12.7 Å². The third kappa shape index (κ3) is 2.55. The van der Waals surface area contributed by atoms with Crippen LogP contribution in [-0.2, 0) is 14.3 Å². The van der Waals surface area contributed by atoms with E-state index in [9.17, 15) is 9.59 Å². The van der Waals surface area contributed by atoms with Gasteiger partial charge >= 0.3 is 5.97 Å². The molecule has 13 heavy (non-hydrogen) atoms. The average molecular weight is 184 g/mol. The van der Waals surface area contributed by atoms with E-state index in [2.05, 4.69) is 17.2 Å². The van der Waals surface area contributed by atoms with Crippen LogP contribution in [0.15, 0.2) is 12.7 Å². The monoisotopic (exact) mass is 184 g/mol. The van der Waals surface area contributed by atoms with E-state index in [-0.39, 0.29) is 12.5 Å². The Bertz CT molecular complexity index is 227. The summed E-state index contributed by atoms with van der Waals surface area (Å²) < 4.78 is 4.72. The van der Waals surface area contributed by atoms with Crippen molar-refractivity contribution in [3.63, 3.8) is 0 Å². The summed E-state index contributed by atoms with van der Waals surface area (Å²) in [5.74, 6) is -0.891. The predicted molar refractivity (Wildman–Crippen MR) is 46.0 cm³/mol. The van der Waals surface area contributed by atoms with E-state index in [4.69, 9.17) is 4.74 Å². The Labute approximate surface area is 76.1 Å². The molecule has 0 aromatic rings. The van der Waals surface area contributed by atoms with Crippen LogP contribution in [0.1, 0.15) is 0 Å². The van der Waals surface area contributed by atoms with Gasteiger partial charge in [-0.25, -0.2) is 4.79 Å². The highest BCUT2D eigenvalue weighted by atomic mass is 16.5. The number of rotatable bonds is 3. The predicted octanol–water partition coefficient (Wildman–Crippen LogP) is -1.20. The zero-order valence-electron chi connectivity index (χ0n) is 7.21. The smallest absolute Gasteiger partial charge is 0.333 e. The van der Waals surface area contributed by atoms with E-state index < -0.39 is 12.0 Å². The molecule has 0 spiro atoms. The van der Waals surface area contributed by atoms with Gasteiger partial charge < -0.3 is 10.1 Å². The molecule has 1 unspecified atom stereocenters. The summed E-state index contributed by atoms with van der Waals surface area (Å²) in [5, 5.41) is 5.32. The van der Waals surface area contributed by atoms with Gasteiger partial charge in [-0.2, -0.15) is 0 Å². The molecule has 1 atom stereocenters. The molecular formula is C8H12N2O3. The number of hydrogen-bond acceptors (Lipinski definition) is 4. The second kappa shape index (κ2) is 4.61. The Morgan fingerprint density at radius 2 is 2.46 bits per heavy atom. The molecule has 1 aliphatic heterocycles. The highest BCUT2D eigenvalue weighted by molar-refractivity contribution is 6.02. The molecule has 2 N–H and O–H groups in total. The number of nitrogens with one attached hydrogen (secondary N) is 2. The van der Waals surface area contributed by atoms with Gasteiger partial charge in [-0.05, 0) is 0 Å². The molecule has 1 fully saturated rings. The van der Waals surface area contributed by atoms with Crippen LogP contribution < -0.4 is 10.6 Å². The van der Waals surface area contributed by atoms with E-state index in [1.54, 1.807) is 0 Å². The van der Waals surface area contributed by atoms with Crippen molar-refractivity contribution in [3.8, 4) is 0 Å². The largest absolute Gasteiger partial charge is 0.460 e. The van der Waals surface area contributed by atoms with Crippen molar-refractivity contribution < 1.29 is 14.3 Å². The Hall–Kier alpha value is -1.36. The van der Waals surface area contributed by atoms with Crippen molar-refractivity contribution in [2.24, 2.45) is 0 Å². The minimum atomic E-state index is -0.867. The Morgan fingerprint density at radius 3 is 3.08 bits per heavy atom. The number of amides is 1. The van der Waals surface area contributed by atoms with Gasteiger partial charge in [0.25, 0.3) is 0 Å². The zero-order chi connectivity index (χ0) is 9.68. The fourth-order valence-corrected chi connectivity index (χ4v) is 1.01. The summed E-state index contributed by atoms with van der Waals surface area (Å²) in [6.45, 7) is 4.66. The molecule has 1 rings (SSSR count). The topological polar surface area (TPSA) is 67.4 Å². The zero-order valence-corrected chi connectivity index (χ0v) is 7.21. The second-order valence-electron chi connectivity index (χ2n) is 2.60. The number of carbonyl (C=O) groups is 2. The van der Waals surface area contributed by atoms with Crippen LogP contribution in [0.4, 0.5) is 0 Å². The number of hydrogen-bond donors (Lipinski definition) is 2. The molecule has 5 heteroatoms. The molecule has 0 radical (unpaired) electrons. The van der Waals surface area contributed by atoms with Crippen LogP contribution in [0.3, 0.4) is 0 Å². The lowest BCUT2D eigenvalue weighted by atomic mass is 10.2. The lowest BCUT2D eigenvalue weighted by Crippen LogP contribution is -2.57. The molecule has 0 bridgehead atoms. The van der Waals surface area contributed by atoms with Gasteiger partial charge in [0, 0.05) is 13.1 Å². The normalized spacial score (nSPS) is 21.8. The molecule has 0 aliphatic carbocycles. The van der Waals surface area contributed by atoms with Crippen LogP contribution in [0.25, 0.3) is 0 Å². The fraction of sp³-hybridized carbons (Fsp3) is 0.500. The quantitative estimate of drug-likeness (QED) is 0.328. The minimum Gasteiger partial charge on any atom is -0.460 e. The summed E-state index contributed by atoms with van der Waals surface area (Å²) in [6.07, 6.45) is 1.46. The second-order valence-corrected chi connectivity index (χ2v) is 2.60. The van der Waals surface area contributed by atoms with Crippen molar-refractivity contribution in [2.45, 2.75) is 6.04 Å². The lowest BCUT2D eigenvalue weighted by molar-refractivity contribution is -0.149. The van der Waals surface area contributed by atoms with Crippen LogP contribution in [0.5, 0.6) is 0 Å². The molecule has 1 aliphatic rings. The van der Waals surface area contributed by atoms with Crippen molar-refractivity contribution >= 4 is 11.9 Å². The molecule has 0 aromatic carbocycles. The van der Waals surface area contributed by atoms with Gasteiger partial charge in [0.05, 0.1) is 0 Å². The van der Waals surface area contributed by atoms with Gasteiger partial charge in [0.15, 0.2) is 6.04 Å². The van der Waals surface area contributed by atoms with Crippen molar-refractivity contribution in [3.05, 3.63) is 12.7 Å². The Morgan fingerprint density at radius 1 is 1.69 bits per heavy atom. The van der Waals surface area contributed by atoms with E-state index in [0.717, 1.165) is 0 Å². The van der Waals surface area contributed by atoms with Crippen molar-refractivity contribution in [1.82, 2.24) is 10.6 Å². The summed E-state index contributed by atoms with van der Waals surface area (Å²) in [5.41, 5.74) is 0. The van der Waals surface area contributed by atoms with E-state index in [1.165, 1.54) is 6.08 Å². The maximum atomic E-state index is 11.2. The number of ether oxygens (including phenoxy) is 1. The standard InChI is InChI=1S/C8H12N2O3/c1-2-5-13-8(12)6-7(11)10-4-3-9-6/h2,6,9H,1,3-5H2,(H,10,11). The van der Waals surface area contributed by atoms with E-state index in [1.807, 2.05) is 0 Å². The van der Waals surface area contributed by atoms with Crippen LogP contribution >= 0.6 is 0 Å². The molecule has 5 nitrogen and oxygen atoms in total. The maximum absolute atomic E-state index is 11.2. The van der Waals surface area contributed by atoms with Crippen LogP contribution in [0.2, 0.25) is 0 Å². The molecule has 0 aromatic heterocycles. The summed E-state index contributed by atoms with van der Waals surface area (Å²) in [6, 6.07) is -0.867. The number of piperazine rings is 1. The fourth-order valence-electron chi connectivity index (χ4n) is 1.01. The first-order chi connectivity index (χ1) is 6.25.